The molecule has 0 aliphatic heterocycles. The summed E-state index contributed by atoms with van der Waals surface area (Å²) in [6.45, 7) is 16.4. The number of aromatic nitrogens is 2. The zero-order valence-electron chi connectivity index (χ0n) is 15.2. The molecule has 2 aromatic rings. The molecule has 0 aromatic carbocycles. The Kier molecular flexibility index (Phi) is 6.32. The minimum atomic E-state index is 1.08. The molecule has 0 radical (unpaired) electrons. The summed E-state index contributed by atoms with van der Waals surface area (Å²) in [5.41, 5.74) is 8.69. The predicted molar refractivity (Wildman–Crippen MR) is 93.2 cm³/mol. The van der Waals surface area contributed by atoms with Crippen LogP contribution in [0.4, 0.5) is 0 Å². The van der Waals surface area contributed by atoms with Gasteiger partial charge in [0, 0.05) is 36.9 Å². The summed E-state index contributed by atoms with van der Waals surface area (Å²) in [5, 5.41) is 0. The molecule has 0 bridgehead atoms. The molecule has 21 heavy (non-hydrogen) atoms. The highest BCUT2D eigenvalue weighted by Gasteiger charge is 2.11. The zero-order chi connectivity index (χ0) is 16.2. The SMILES string of the molecule is CCc1c(CC)c(C)n(C)c1C.CCn1cc(C)cc1C. The molecule has 0 amide bonds. The Morgan fingerprint density at radius 2 is 1.33 bits per heavy atom. The van der Waals surface area contributed by atoms with Crippen molar-refractivity contribution < 1.29 is 0 Å². The monoisotopic (exact) mass is 288 g/mol. The first-order chi connectivity index (χ1) is 9.87. The third-order valence-corrected chi connectivity index (χ3v) is 4.54. The van der Waals surface area contributed by atoms with Crippen molar-refractivity contribution in [2.45, 2.75) is 67.9 Å². The Balaban J connectivity index is 0.000000219. The van der Waals surface area contributed by atoms with E-state index in [0.29, 0.717) is 0 Å². The highest BCUT2D eigenvalue weighted by atomic mass is 15.0. The fourth-order valence-corrected chi connectivity index (χ4v) is 3.17. The van der Waals surface area contributed by atoms with Gasteiger partial charge < -0.3 is 9.13 Å². The third-order valence-electron chi connectivity index (χ3n) is 4.54. The van der Waals surface area contributed by atoms with Crippen LogP contribution in [0.25, 0.3) is 0 Å². The molecule has 0 atom stereocenters. The number of hydrogen-bond acceptors (Lipinski definition) is 0. The quantitative estimate of drug-likeness (QED) is 0.761. The zero-order valence-corrected chi connectivity index (χ0v) is 15.2. The van der Waals surface area contributed by atoms with Crippen LogP contribution in [0.1, 0.15) is 54.5 Å². The Bertz CT molecular complexity index is 558. The molecule has 0 N–H and O–H groups in total. The first-order valence-corrected chi connectivity index (χ1v) is 8.14. The molecule has 2 rings (SSSR count). The van der Waals surface area contributed by atoms with Crippen molar-refractivity contribution in [1.29, 1.82) is 0 Å². The molecule has 0 saturated heterocycles. The lowest BCUT2D eigenvalue weighted by molar-refractivity contribution is 0.742. The van der Waals surface area contributed by atoms with Crippen molar-refractivity contribution in [1.82, 2.24) is 9.13 Å². The van der Waals surface area contributed by atoms with Crippen molar-refractivity contribution >= 4 is 0 Å². The molecule has 2 nitrogen and oxygen atoms in total. The normalized spacial score (nSPS) is 10.5. The lowest BCUT2D eigenvalue weighted by Crippen LogP contribution is -1.93. The number of nitrogens with zero attached hydrogens (tertiary/aromatic N) is 2. The van der Waals surface area contributed by atoms with Crippen molar-refractivity contribution in [2.24, 2.45) is 7.05 Å². The molecule has 0 aliphatic rings. The van der Waals surface area contributed by atoms with Crippen LogP contribution in [0, 0.1) is 27.7 Å². The van der Waals surface area contributed by atoms with Crippen LogP contribution >= 0.6 is 0 Å². The largest absolute Gasteiger partial charge is 0.352 e. The van der Waals surface area contributed by atoms with Gasteiger partial charge in [-0.15, -0.1) is 0 Å². The van der Waals surface area contributed by atoms with Crippen LogP contribution in [0.15, 0.2) is 12.3 Å². The van der Waals surface area contributed by atoms with Gasteiger partial charge in [-0.2, -0.15) is 0 Å². The van der Waals surface area contributed by atoms with Crippen molar-refractivity contribution in [2.75, 3.05) is 0 Å². The summed E-state index contributed by atoms with van der Waals surface area (Å²) in [6.07, 6.45) is 4.50. The van der Waals surface area contributed by atoms with E-state index in [4.69, 9.17) is 0 Å². The summed E-state index contributed by atoms with van der Waals surface area (Å²) >= 11 is 0. The van der Waals surface area contributed by atoms with Gasteiger partial charge >= 0.3 is 0 Å². The second-order valence-corrected chi connectivity index (χ2v) is 5.84. The smallest absolute Gasteiger partial charge is 0.0193 e. The van der Waals surface area contributed by atoms with Crippen LogP contribution in [0.3, 0.4) is 0 Å². The van der Waals surface area contributed by atoms with Crippen LogP contribution in [-0.4, -0.2) is 9.13 Å². The Morgan fingerprint density at radius 3 is 1.57 bits per heavy atom. The number of hydrogen-bond donors (Lipinski definition) is 0. The molecule has 0 saturated carbocycles. The average molecular weight is 288 g/mol. The molecule has 0 unspecified atom stereocenters. The summed E-state index contributed by atoms with van der Waals surface area (Å²) < 4.78 is 4.55. The second kappa shape index (κ2) is 7.53. The van der Waals surface area contributed by atoms with E-state index in [2.05, 4.69) is 76.9 Å². The average Bonchev–Trinajstić information content (AvgIpc) is 2.90. The molecule has 2 aromatic heterocycles. The van der Waals surface area contributed by atoms with Gasteiger partial charge in [0.05, 0.1) is 0 Å². The molecular formula is C19H32N2. The Hall–Kier alpha value is -1.44. The van der Waals surface area contributed by atoms with E-state index < -0.39 is 0 Å². The standard InChI is InChI=1S/C11H19N.C8H13N/c1-6-10-8(3)12(5)9(4)11(10)7-2;1-4-9-6-7(2)5-8(9)3/h6-7H2,1-5H3;5-6H,4H2,1-3H3. The molecule has 0 spiro atoms. The van der Waals surface area contributed by atoms with Gasteiger partial charge in [-0.3, -0.25) is 0 Å². The van der Waals surface area contributed by atoms with Crippen LogP contribution in [0.2, 0.25) is 0 Å². The highest BCUT2D eigenvalue weighted by molar-refractivity contribution is 5.37. The maximum absolute atomic E-state index is 2.30. The van der Waals surface area contributed by atoms with Crippen LogP contribution < -0.4 is 0 Å². The topological polar surface area (TPSA) is 9.86 Å². The van der Waals surface area contributed by atoms with Crippen molar-refractivity contribution in [3.63, 3.8) is 0 Å². The molecule has 0 fully saturated rings. The summed E-state index contributed by atoms with van der Waals surface area (Å²) in [4.78, 5) is 0. The van der Waals surface area contributed by atoms with E-state index in [0.717, 1.165) is 19.4 Å². The first kappa shape index (κ1) is 17.6. The summed E-state index contributed by atoms with van der Waals surface area (Å²) in [7, 11) is 2.16. The van der Waals surface area contributed by atoms with Gasteiger partial charge in [-0.1, -0.05) is 13.8 Å². The molecular weight excluding hydrogens is 256 g/mol. The first-order valence-electron chi connectivity index (χ1n) is 8.14. The van der Waals surface area contributed by atoms with Crippen LogP contribution in [0.5, 0.6) is 0 Å². The minimum absolute atomic E-state index is 1.08. The van der Waals surface area contributed by atoms with E-state index in [1.807, 2.05) is 0 Å². The van der Waals surface area contributed by atoms with Gasteiger partial charge in [0.25, 0.3) is 0 Å². The van der Waals surface area contributed by atoms with Crippen LogP contribution in [-0.2, 0) is 26.4 Å². The molecule has 118 valence electrons. The molecule has 0 aliphatic carbocycles. The second-order valence-electron chi connectivity index (χ2n) is 5.84. The van der Waals surface area contributed by atoms with Gasteiger partial charge in [-0.05, 0) is 70.2 Å². The van der Waals surface area contributed by atoms with Gasteiger partial charge in [0.15, 0.2) is 0 Å². The minimum Gasteiger partial charge on any atom is -0.352 e. The predicted octanol–water partition coefficient (Wildman–Crippen LogP) is 4.89. The fraction of sp³-hybridized carbons (Fsp3) is 0.579. The summed E-state index contributed by atoms with van der Waals surface area (Å²) in [5.74, 6) is 0. The van der Waals surface area contributed by atoms with Gasteiger partial charge in [0.1, 0.15) is 0 Å². The lowest BCUT2D eigenvalue weighted by atomic mass is 10.0. The van der Waals surface area contributed by atoms with E-state index in [9.17, 15) is 0 Å². The van der Waals surface area contributed by atoms with E-state index in [1.165, 1.54) is 22.6 Å². The van der Waals surface area contributed by atoms with E-state index >= 15 is 0 Å². The summed E-state index contributed by atoms with van der Waals surface area (Å²) in [6, 6.07) is 2.20. The van der Waals surface area contributed by atoms with E-state index in [-0.39, 0.29) is 0 Å². The Labute approximate surface area is 130 Å². The fourth-order valence-electron chi connectivity index (χ4n) is 3.17. The van der Waals surface area contributed by atoms with Gasteiger partial charge in [-0.25, -0.2) is 0 Å². The lowest BCUT2D eigenvalue weighted by Gasteiger charge is -1.99. The maximum Gasteiger partial charge on any atom is 0.0193 e. The van der Waals surface area contributed by atoms with Crippen molar-refractivity contribution in [3.8, 4) is 0 Å². The molecule has 2 heteroatoms. The van der Waals surface area contributed by atoms with Crippen molar-refractivity contribution in [3.05, 3.63) is 46.0 Å². The maximum atomic E-state index is 2.30. The third kappa shape index (κ3) is 3.81. The highest BCUT2D eigenvalue weighted by Crippen LogP contribution is 2.21. The van der Waals surface area contributed by atoms with E-state index in [1.54, 1.807) is 11.1 Å². The van der Waals surface area contributed by atoms with Gasteiger partial charge in [0.2, 0.25) is 0 Å². The Morgan fingerprint density at radius 1 is 0.857 bits per heavy atom. The number of rotatable bonds is 3. The number of aryl methyl sites for hydroxylation is 3. The molecule has 2 heterocycles.